The molecule has 3 aliphatic rings. The molecule has 0 spiro atoms. The number of rotatable bonds is 5. The van der Waals surface area contributed by atoms with Gasteiger partial charge in [0.2, 0.25) is 0 Å². The van der Waals surface area contributed by atoms with Gasteiger partial charge in [-0.3, -0.25) is 24.5 Å². The maximum Gasteiger partial charge on any atom is 0.273 e. The van der Waals surface area contributed by atoms with Crippen molar-refractivity contribution in [2.45, 2.75) is 22.6 Å². The Hall–Kier alpha value is -2.01. The van der Waals surface area contributed by atoms with Crippen LogP contribution < -0.4 is 0 Å². The summed E-state index contributed by atoms with van der Waals surface area (Å²) in [5.74, 6) is -2.50. The molecule has 12 heteroatoms. The third-order valence-corrected chi connectivity index (χ3v) is 11.0. The maximum absolute atomic E-state index is 13.6. The molecule has 1 heterocycles. The number of nitro groups is 1. The molecule has 0 N–H and O–H groups in total. The summed E-state index contributed by atoms with van der Waals surface area (Å²) in [6, 6.07) is 9.82. The Labute approximate surface area is 226 Å². The van der Waals surface area contributed by atoms with Gasteiger partial charge in [-0.25, -0.2) is 5.01 Å². The van der Waals surface area contributed by atoms with Crippen LogP contribution >= 0.6 is 55.1 Å². The predicted octanol–water partition coefficient (Wildman–Crippen LogP) is 5.24. The smallest absolute Gasteiger partial charge is 0.272 e. The lowest BCUT2D eigenvalue weighted by molar-refractivity contribution is -0.384. The van der Waals surface area contributed by atoms with E-state index in [4.69, 9.17) is 23.2 Å². The van der Waals surface area contributed by atoms with Crippen molar-refractivity contribution < 1.29 is 19.3 Å². The van der Waals surface area contributed by atoms with Crippen molar-refractivity contribution in [2.24, 2.45) is 23.7 Å². The highest BCUT2D eigenvalue weighted by Crippen LogP contribution is 2.60. The van der Waals surface area contributed by atoms with E-state index in [9.17, 15) is 24.5 Å². The first-order valence-corrected chi connectivity index (χ1v) is 13.3. The molecule has 2 aromatic carbocycles. The van der Waals surface area contributed by atoms with Gasteiger partial charge in [0, 0.05) is 27.4 Å². The van der Waals surface area contributed by atoms with Crippen molar-refractivity contribution in [1.82, 2.24) is 10.0 Å². The Morgan fingerprint density at radius 2 is 1.57 bits per heavy atom. The number of halogens is 4. The summed E-state index contributed by atoms with van der Waals surface area (Å²) in [5.41, 5.74) is 0.490. The second-order valence-electron chi connectivity index (χ2n) is 8.91. The fourth-order valence-electron chi connectivity index (χ4n) is 5.49. The summed E-state index contributed by atoms with van der Waals surface area (Å²) in [6.45, 7) is -0.117. The van der Waals surface area contributed by atoms with Crippen LogP contribution in [-0.4, -0.2) is 42.3 Å². The zero-order valence-corrected chi connectivity index (χ0v) is 22.5. The Morgan fingerprint density at radius 1 is 1.00 bits per heavy atom. The van der Waals surface area contributed by atoms with Gasteiger partial charge in [-0.2, -0.15) is 5.01 Å². The minimum atomic E-state index is -0.634. The summed E-state index contributed by atoms with van der Waals surface area (Å²) in [7, 11) is 0. The molecule has 2 saturated carbocycles. The summed E-state index contributed by atoms with van der Waals surface area (Å²) in [6.07, 6.45) is 0.760. The molecular weight excluding hydrogens is 629 g/mol. The molecule has 35 heavy (non-hydrogen) atoms. The van der Waals surface area contributed by atoms with Crippen LogP contribution in [-0.2, 0) is 16.1 Å². The maximum atomic E-state index is 13.6. The topological polar surface area (TPSA) is 101 Å². The van der Waals surface area contributed by atoms with Gasteiger partial charge in [0.25, 0.3) is 23.4 Å². The molecule has 0 radical (unpaired) electrons. The first-order chi connectivity index (χ1) is 16.6. The van der Waals surface area contributed by atoms with Crippen LogP contribution in [0.15, 0.2) is 42.5 Å². The second kappa shape index (κ2) is 9.14. The average molecular weight is 646 g/mol. The summed E-state index contributed by atoms with van der Waals surface area (Å²) >= 11 is 19.5. The number of hydrogen-bond acceptors (Lipinski definition) is 5. The predicted molar refractivity (Wildman–Crippen MR) is 135 cm³/mol. The Balaban J connectivity index is 1.52. The highest BCUT2D eigenvalue weighted by Gasteiger charge is 2.67. The number of fused-ring (bicyclic) bond motifs is 5. The van der Waals surface area contributed by atoms with E-state index < -0.39 is 34.5 Å². The van der Waals surface area contributed by atoms with E-state index in [-0.39, 0.29) is 44.3 Å². The Kier molecular flexibility index (Phi) is 6.44. The molecule has 1 aliphatic heterocycles. The fourth-order valence-corrected chi connectivity index (χ4v) is 7.68. The van der Waals surface area contributed by atoms with Gasteiger partial charge < -0.3 is 0 Å². The van der Waals surface area contributed by atoms with E-state index in [0.29, 0.717) is 10.6 Å². The van der Waals surface area contributed by atoms with E-state index in [2.05, 4.69) is 31.9 Å². The van der Waals surface area contributed by atoms with Crippen LogP contribution in [0, 0.1) is 33.8 Å². The number of alkyl halides is 2. The Morgan fingerprint density at radius 3 is 2.09 bits per heavy atom. The van der Waals surface area contributed by atoms with Crippen molar-refractivity contribution in [3.63, 3.8) is 0 Å². The van der Waals surface area contributed by atoms with E-state index in [0.717, 1.165) is 16.4 Å². The monoisotopic (exact) mass is 643 g/mol. The first kappa shape index (κ1) is 24.7. The van der Waals surface area contributed by atoms with E-state index >= 15 is 0 Å². The fraction of sp³-hybridized carbons (Fsp3) is 0.348. The van der Waals surface area contributed by atoms with Gasteiger partial charge in [0.15, 0.2) is 0 Å². The zero-order chi connectivity index (χ0) is 25.2. The number of carbonyl (C=O) groups excluding carboxylic acids is 3. The van der Waals surface area contributed by atoms with Crippen molar-refractivity contribution in [3.8, 4) is 0 Å². The molecule has 3 fully saturated rings. The lowest BCUT2D eigenvalue weighted by Crippen LogP contribution is -2.50. The number of amides is 3. The highest BCUT2D eigenvalue weighted by atomic mass is 79.9. The van der Waals surface area contributed by atoms with Crippen molar-refractivity contribution in [3.05, 3.63) is 73.8 Å². The van der Waals surface area contributed by atoms with E-state index in [1.165, 1.54) is 24.3 Å². The number of hydrogen-bond donors (Lipinski definition) is 0. The molecule has 8 nitrogen and oxygen atoms in total. The number of benzene rings is 2. The number of nitrogens with zero attached hydrogens (tertiary/aromatic N) is 3. The molecule has 182 valence electrons. The lowest BCUT2D eigenvalue weighted by atomic mass is 9.81. The van der Waals surface area contributed by atoms with Crippen molar-refractivity contribution >= 4 is 78.5 Å². The number of nitro benzene ring substituents is 1. The third kappa shape index (κ3) is 3.98. The van der Waals surface area contributed by atoms with Crippen LogP contribution in [0.2, 0.25) is 10.0 Å². The normalized spacial score (nSPS) is 29.0. The standard InChI is InChI=1S/C23H17Br2Cl2N3O5/c24-19-13-8-14(20(19)25)18-17(13)22(32)29(23(18)33)28(9-10-1-6-15(26)16(27)7-10)21(31)11-2-4-12(5-3-11)30(34)35/h1-7,13-14,17-20H,8-9H2/t13-,14-,17-,18-,19+,20+/m1/s1. The minimum absolute atomic E-state index is 0.0165. The third-order valence-electron chi connectivity index (χ3n) is 7.08. The summed E-state index contributed by atoms with van der Waals surface area (Å²) < 4.78 is 0. The first-order valence-electron chi connectivity index (χ1n) is 10.8. The van der Waals surface area contributed by atoms with Crippen LogP contribution in [0.5, 0.6) is 0 Å². The molecule has 6 atom stereocenters. The van der Waals surface area contributed by atoms with Crippen LogP contribution in [0.1, 0.15) is 22.3 Å². The SMILES string of the molecule is O=C(c1ccc([N+](=O)[O-])cc1)N(Cc1ccc(Cl)c(Cl)c1)N1C(=O)[C@@H]2[C@H]3C[C@@H]([C@H](Br)[C@H]3Br)[C@H]2C1=O. The number of non-ortho nitro benzene ring substituents is 1. The Bertz CT molecular complexity index is 1230. The second-order valence-corrected chi connectivity index (χ2v) is 11.8. The van der Waals surface area contributed by atoms with Crippen LogP contribution in [0.4, 0.5) is 5.69 Å². The number of carbonyl (C=O) groups is 3. The summed E-state index contributed by atoms with van der Waals surface area (Å²) in [4.78, 5) is 51.4. The minimum Gasteiger partial charge on any atom is -0.272 e. The largest absolute Gasteiger partial charge is 0.273 e. The van der Waals surface area contributed by atoms with Crippen molar-refractivity contribution in [2.75, 3.05) is 0 Å². The molecule has 2 aliphatic carbocycles. The van der Waals surface area contributed by atoms with Gasteiger partial charge in [0.05, 0.1) is 33.3 Å². The molecule has 5 rings (SSSR count). The molecule has 2 bridgehead atoms. The van der Waals surface area contributed by atoms with Gasteiger partial charge in [-0.15, -0.1) is 0 Å². The van der Waals surface area contributed by atoms with Gasteiger partial charge in [-0.1, -0.05) is 61.1 Å². The average Bonchev–Trinajstić information content (AvgIpc) is 3.44. The highest BCUT2D eigenvalue weighted by molar-refractivity contribution is 9.12. The molecular formula is C23H17Br2Cl2N3O5. The number of hydrazine groups is 1. The van der Waals surface area contributed by atoms with Crippen LogP contribution in [0.25, 0.3) is 0 Å². The summed E-state index contributed by atoms with van der Waals surface area (Å²) in [5, 5.41) is 13.7. The van der Waals surface area contributed by atoms with E-state index in [1.54, 1.807) is 18.2 Å². The quantitative estimate of drug-likeness (QED) is 0.192. The molecule has 3 amide bonds. The molecule has 2 aromatic rings. The van der Waals surface area contributed by atoms with Gasteiger partial charge in [0.1, 0.15) is 0 Å². The number of imide groups is 1. The van der Waals surface area contributed by atoms with Crippen molar-refractivity contribution in [1.29, 1.82) is 0 Å². The molecule has 0 aromatic heterocycles. The van der Waals surface area contributed by atoms with Crippen LogP contribution in [0.3, 0.4) is 0 Å². The van der Waals surface area contributed by atoms with E-state index in [1.807, 2.05) is 0 Å². The zero-order valence-electron chi connectivity index (χ0n) is 17.8. The molecule has 1 saturated heterocycles. The lowest BCUT2D eigenvalue weighted by Gasteiger charge is -2.31. The van der Waals surface area contributed by atoms with Gasteiger partial charge >= 0.3 is 0 Å². The molecule has 0 unspecified atom stereocenters. The van der Waals surface area contributed by atoms with Gasteiger partial charge in [-0.05, 0) is 48.1 Å².